The van der Waals surface area contributed by atoms with Gasteiger partial charge in [-0.15, -0.1) is 0 Å². The summed E-state index contributed by atoms with van der Waals surface area (Å²) in [4.78, 5) is 0. The van der Waals surface area contributed by atoms with Gasteiger partial charge in [-0.1, -0.05) is 0 Å². The van der Waals surface area contributed by atoms with E-state index in [1.807, 2.05) is 0 Å². The molecule has 0 bridgehead atoms. The first-order valence-corrected chi connectivity index (χ1v) is 3.36. The van der Waals surface area contributed by atoms with Crippen molar-refractivity contribution in [2.45, 2.75) is 13.5 Å². The lowest BCUT2D eigenvalue weighted by Crippen LogP contribution is -1.99. The van der Waals surface area contributed by atoms with Gasteiger partial charge < -0.3 is 15.9 Å². The second-order valence-electron chi connectivity index (χ2n) is 2.46. The van der Waals surface area contributed by atoms with Crippen molar-refractivity contribution >= 4 is 0 Å². The van der Waals surface area contributed by atoms with Gasteiger partial charge in [-0.3, -0.25) is 0 Å². The van der Waals surface area contributed by atoms with E-state index in [1.165, 1.54) is 6.07 Å². The molecule has 0 spiro atoms. The average Bonchev–Trinajstić information content (AvgIpc) is 1.85. The standard InChI is InChI=1S/C8H11NO2/c1-5-2-6(10)3-8(11)7(5)4-9/h2-3,10-11H,4,9H2,1H3. The van der Waals surface area contributed by atoms with E-state index in [-0.39, 0.29) is 18.0 Å². The molecule has 1 rings (SSSR count). The summed E-state index contributed by atoms with van der Waals surface area (Å²) in [6, 6.07) is 2.86. The zero-order valence-corrected chi connectivity index (χ0v) is 6.33. The summed E-state index contributed by atoms with van der Waals surface area (Å²) in [6.07, 6.45) is 0. The predicted octanol–water partition coefficient (Wildman–Crippen LogP) is 0.865. The zero-order valence-electron chi connectivity index (χ0n) is 6.33. The summed E-state index contributed by atoms with van der Waals surface area (Å²) < 4.78 is 0. The van der Waals surface area contributed by atoms with E-state index in [4.69, 9.17) is 10.8 Å². The first kappa shape index (κ1) is 7.88. The van der Waals surface area contributed by atoms with Gasteiger partial charge in [0.15, 0.2) is 0 Å². The van der Waals surface area contributed by atoms with Crippen LogP contribution in [-0.4, -0.2) is 10.2 Å². The first-order chi connectivity index (χ1) is 5.15. The molecule has 0 unspecified atom stereocenters. The summed E-state index contributed by atoms with van der Waals surface area (Å²) in [6.45, 7) is 2.08. The van der Waals surface area contributed by atoms with Crippen molar-refractivity contribution < 1.29 is 10.2 Å². The summed E-state index contributed by atoms with van der Waals surface area (Å²) in [5.41, 5.74) is 6.85. The number of phenols is 2. The zero-order chi connectivity index (χ0) is 8.43. The maximum absolute atomic E-state index is 9.23. The van der Waals surface area contributed by atoms with E-state index in [0.29, 0.717) is 5.56 Å². The molecule has 0 aliphatic carbocycles. The molecule has 0 saturated heterocycles. The Kier molecular flexibility index (Phi) is 2.01. The van der Waals surface area contributed by atoms with E-state index in [2.05, 4.69) is 0 Å². The molecule has 1 aromatic rings. The molecule has 0 aromatic heterocycles. The topological polar surface area (TPSA) is 66.5 Å². The van der Waals surface area contributed by atoms with Crippen LogP contribution in [0.3, 0.4) is 0 Å². The van der Waals surface area contributed by atoms with Gasteiger partial charge in [0.2, 0.25) is 0 Å². The van der Waals surface area contributed by atoms with Gasteiger partial charge in [-0.25, -0.2) is 0 Å². The van der Waals surface area contributed by atoms with Crippen molar-refractivity contribution in [3.63, 3.8) is 0 Å². The lowest BCUT2D eigenvalue weighted by molar-refractivity contribution is 0.445. The number of aryl methyl sites for hydroxylation is 1. The molecule has 1 aromatic carbocycles. The number of hydrogen-bond acceptors (Lipinski definition) is 3. The van der Waals surface area contributed by atoms with Crippen molar-refractivity contribution in [3.8, 4) is 11.5 Å². The Bertz CT molecular complexity index is 248. The van der Waals surface area contributed by atoms with Crippen LogP contribution in [-0.2, 0) is 6.54 Å². The molecule has 11 heavy (non-hydrogen) atoms. The van der Waals surface area contributed by atoms with Gasteiger partial charge in [-0.2, -0.15) is 0 Å². The first-order valence-electron chi connectivity index (χ1n) is 3.36. The van der Waals surface area contributed by atoms with Crippen LogP contribution in [0, 0.1) is 6.92 Å². The van der Waals surface area contributed by atoms with Crippen LogP contribution in [0.1, 0.15) is 11.1 Å². The van der Waals surface area contributed by atoms with Gasteiger partial charge in [0.25, 0.3) is 0 Å². The third-order valence-corrected chi connectivity index (χ3v) is 1.64. The van der Waals surface area contributed by atoms with Crippen LogP contribution in [0.15, 0.2) is 12.1 Å². The fourth-order valence-electron chi connectivity index (χ4n) is 1.05. The lowest BCUT2D eigenvalue weighted by Gasteiger charge is -2.05. The minimum atomic E-state index is 0.0602. The van der Waals surface area contributed by atoms with Crippen LogP contribution in [0.2, 0.25) is 0 Å². The Morgan fingerprint density at radius 2 is 2.00 bits per heavy atom. The van der Waals surface area contributed by atoms with E-state index >= 15 is 0 Å². The Hall–Kier alpha value is -1.22. The number of aromatic hydroxyl groups is 2. The second kappa shape index (κ2) is 2.80. The number of nitrogens with two attached hydrogens (primary N) is 1. The Labute approximate surface area is 65.1 Å². The van der Waals surface area contributed by atoms with Gasteiger partial charge in [-0.05, 0) is 18.6 Å². The monoisotopic (exact) mass is 153 g/mol. The van der Waals surface area contributed by atoms with E-state index in [1.54, 1.807) is 13.0 Å². The Balaban J connectivity index is 3.25. The Morgan fingerprint density at radius 1 is 1.36 bits per heavy atom. The average molecular weight is 153 g/mol. The molecule has 3 heteroatoms. The van der Waals surface area contributed by atoms with Crippen molar-refractivity contribution in [1.82, 2.24) is 0 Å². The van der Waals surface area contributed by atoms with Gasteiger partial charge in [0.05, 0.1) is 0 Å². The third kappa shape index (κ3) is 1.43. The molecule has 0 atom stereocenters. The van der Waals surface area contributed by atoms with Crippen LogP contribution < -0.4 is 5.73 Å². The molecule has 0 heterocycles. The third-order valence-electron chi connectivity index (χ3n) is 1.64. The minimum absolute atomic E-state index is 0.0602. The highest BCUT2D eigenvalue weighted by atomic mass is 16.3. The van der Waals surface area contributed by atoms with Crippen LogP contribution >= 0.6 is 0 Å². The SMILES string of the molecule is Cc1cc(O)cc(O)c1CN. The van der Waals surface area contributed by atoms with Crippen LogP contribution in [0.25, 0.3) is 0 Å². The number of hydrogen-bond donors (Lipinski definition) is 3. The molecule has 0 amide bonds. The molecule has 0 aliphatic heterocycles. The van der Waals surface area contributed by atoms with Crippen LogP contribution in [0.4, 0.5) is 0 Å². The van der Waals surface area contributed by atoms with Crippen molar-refractivity contribution in [1.29, 1.82) is 0 Å². The van der Waals surface area contributed by atoms with Crippen molar-refractivity contribution in [2.75, 3.05) is 0 Å². The highest BCUT2D eigenvalue weighted by molar-refractivity contribution is 5.44. The van der Waals surface area contributed by atoms with Crippen LogP contribution in [0.5, 0.6) is 11.5 Å². The normalized spacial score (nSPS) is 10.0. The highest BCUT2D eigenvalue weighted by Gasteiger charge is 2.03. The maximum Gasteiger partial charge on any atom is 0.124 e. The molecule has 4 N–H and O–H groups in total. The fraction of sp³-hybridized carbons (Fsp3) is 0.250. The molecule has 0 fully saturated rings. The largest absolute Gasteiger partial charge is 0.508 e. The van der Waals surface area contributed by atoms with E-state index in [0.717, 1.165) is 5.56 Å². The predicted molar refractivity (Wildman–Crippen MR) is 42.4 cm³/mol. The fourth-order valence-corrected chi connectivity index (χ4v) is 1.05. The van der Waals surface area contributed by atoms with Crippen molar-refractivity contribution in [3.05, 3.63) is 23.3 Å². The summed E-state index contributed by atoms with van der Waals surface area (Å²) >= 11 is 0. The molecular weight excluding hydrogens is 142 g/mol. The summed E-state index contributed by atoms with van der Waals surface area (Å²) in [5.74, 6) is 0.127. The van der Waals surface area contributed by atoms with Crippen molar-refractivity contribution in [2.24, 2.45) is 5.73 Å². The molecule has 0 radical (unpaired) electrons. The Morgan fingerprint density at radius 3 is 2.45 bits per heavy atom. The minimum Gasteiger partial charge on any atom is -0.508 e. The van der Waals surface area contributed by atoms with Gasteiger partial charge in [0, 0.05) is 18.2 Å². The summed E-state index contributed by atoms with van der Waals surface area (Å²) in [7, 11) is 0. The lowest BCUT2D eigenvalue weighted by atomic mass is 10.1. The van der Waals surface area contributed by atoms with E-state index in [9.17, 15) is 5.11 Å². The number of benzene rings is 1. The number of rotatable bonds is 1. The molecule has 3 nitrogen and oxygen atoms in total. The quantitative estimate of drug-likeness (QED) is 0.560. The molecular formula is C8H11NO2. The van der Waals surface area contributed by atoms with Gasteiger partial charge >= 0.3 is 0 Å². The smallest absolute Gasteiger partial charge is 0.124 e. The second-order valence-corrected chi connectivity index (χ2v) is 2.46. The maximum atomic E-state index is 9.23. The highest BCUT2D eigenvalue weighted by Crippen LogP contribution is 2.25. The molecule has 60 valence electrons. The summed E-state index contributed by atoms with van der Waals surface area (Å²) in [5, 5.41) is 18.2. The van der Waals surface area contributed by atoms with E-state index < -0.39 is 0 Å². The number of phenolic OH excluding ortho intramolecular Hbond substituents is 2. The molecule has 0 saturated carbocycles. The molecule has 0 aliphatic rings. The van der Waals surface area contributed by atoms with Gasteiger partial charge in [0.1, 0.15) is 11.5 Å².